The van der Waals surface area contributed by atoms with Crippen molar-refractivity contribution in [2.24, 2.45) is 10.8 Å². The Morgan fingerprint density at radius 3 is 2.94 bits per heavy atom. The second kappa shape index (κ2) is 7.92. The molecule has 0 saturated carbocycles. The number of benzene rings is 1. The van der Waals surface area contributed by atoms with Gasteiger partial charge in [-0.15, -0.1) is 0 Å². The SMILES string of the molecule is COCCN=C(NN)C(C)Oc1cccc(Cl)c1. The number of hydrogen-bond acceptors (Lipinski definition) is 4. The zero-order chi connectivity index (χ0) is 13.4. The van der Waals surface area contributed by atoms with Gasteiger partial charge < -0.3 is 14.9 Å². The predicted molar refractivity (Wildman–Crippen MR) is 73.0 cm³/mol. The number of rotatable bonds is 6. The lowest BCUT2D eigenvalue weighted by molar-refractivity contribution is 0.207. The molecule has 3 N–H and O–H groups in total. The molecule has 1 rings (SSSR count). The maximum atomic E-state index is 5.88. The van der Waals surface area contributed by atoms with Crippen LogP contribution in [0, 0.1) is 0 Å². The van der Waals surface area contributed by atoms with Crippen molar-refractivity contribution < 1.29 is 9.47 Å². The predicted octanol–water partition coefficient (Wildman–Crippen LogP) is 1.62. The Hall–Kier alpha value is -1.30. The summed E-state index contributed by atoms with van der Waals surface area (Å²) < 4.78 is 10.6. The summed E-state index contributed by atoms with van der Waals surface area (Å²) in [5.74, 6) is 6.64. The molecule has 0 bridgehead atoms. The van der Waals surface area contributed by atoms with Gasteiger partial charge in [0.15, 0.2) is 11.9 Å². The highest BCUT2D eigenvalue weighted by molar-refractivity contribution is 6.30. The van der Waals surface area contributed by atoms with Crippen molar-refractivity contribution in [3.63, 3.8) is 0 Å². The number of aliphatic imine (C=N–C) groups is 1. The summed E-state index contributed by atoms with van der Waals surface area (Å²) in [5, 5.41) is 0.623. The number of ether oxygens (including phenoxy) is 2. The molecule has 1 aromatic rings. The Bertz CT molecular complexity index is 399. The molecule has 100 valence electrons. The van der Waals surface area contributed by atoms with Crippen molar-refractivity contribution in [2.45, 2.75) is 13.0 Å². The highest BCUT2D eigenvalue weighted by Gasteiger charge is 2.11. The van der Waals surface area contributed by atoms with Crippen LogP contribution in [0.1, 0.15) is 6.92 Å². The van der Waals surface area contributed by atoms with Gasteiger partial charge >= 0.3 is 0 Å². The summed E-state index contributed by atoms with van der Waals surface area (Å²) in [6, 6.07) is 7.17. The fourth-order valence-corrected chi connectivity index (χ4v) is 1.53. The number of nitrogens with one attached hydrogen (secondary N) is 1. The van der Waals surface area contributed by atoms with Gasteiger partial charge in [0, 0.05) is 12.1 Å². The molecule has 0 aromatic heterocycles. The third kappa shape index (κ3) is 4.91. The quantitative estimate of drug-likeness (QED) is 0.271. The van der Waals surface area contributed by atoms with Gasteiger partial charge in [-0.05, 0) is 25.1 Å². The summed E-state index contributed by atoms with van der Waals surface area (Å²) in [4.78, 5) is 4.25. The first-order valence-electron chi connectivity index (χ1n) is 5.59. The van der Waals surface area contributed by atoms with E-state index in [0.717, 1.165) is 0 Å². The van der Waals surface area contributed by atoms with Crippen LogP contribution in [0.4, 0.5) is 0 Å². The highest BCUT2D eigenvalue weighted by atomic mass is 35.5. The average molecular weight is 272 g/mol. The third-order valence-electron chi connectivity index (χ3n) is 2.22. The van der Waals surface area contributed by atoms with Crippen LogP contribution in [0.15, 0.2) is 29.3 Å². The molecule has 18 heavy (non-hydrogen) atoms. The van der Waals surface area contributed by atoms with E-state index in [0.29, 0.717) is 29.8 Å². The van der Waals surface area contributed by atoms with Crippen LogP contribution in [0.5, 0.6) is 5.75 Å². The molecule has 0 saturated heterocycles. The Morgan fingerprint density at radius 1 is 1.56 bits per heavy atom. The number of halogens is 1. The topological polar surface area (TPSA) is 68.9 Å². The van der Waals surface area contributed by atoms with Gasteiger partial charge in [0.25, 0.3) is 0 Å². The second-order valence-electron chi connectivity index (χ2n) is 3.62. The monoisotopic (exact) mass is 271 g/mol. The van der Waals surface area contributed by atoms with E-state index in [-0.39, 0.29) is 6.10 Å². The first-order valence-corrected chi connectivity index (χ1v) is 5.97. The third-order valence-corrected chi connectivity index (χ3v) is 2.45. The van der Waals surface area contributed by atoms with E-state index in [9.17, 15) is 0 Å². The molecule has 1 aromatic carbocycles. The zero-order valence-electron chi connectivity index (χ0n) is 10.5. The molecule has 0 heterocycles. The van der Waals surface area contributed by atoms with E-state index < -0.39 is 0 Å². The van der Waals surface area contributed by atoms with Gasteiger partial charge in [0.1, 0.15) is 5.75 Å². The number of hydrazine groups is 1. The van der Waals surface area contributed by atoms with Crippen molar-refractivity contribution in [1.82, 2.24) is 5.43 Å². The van der Waals surface area contributed by atoms with Crippen molar-refractivity contribution in [3.8, 4) is 5.75 Å². The second-order valence-corrected chi connectivity index (χ2v) is 4.06. The lowest BCUT2D eigenvalue weighted by atomic mass is 10.3. The van der Waals surface area contributed by atoms with E-state index >= 15 is 0 Å². The van der Waals surface area contributed by atoms with Crippen LogP contribution in [0.25, 0.3) is 0 Å². The number of hydrogen-bond donors (Lipinski definition) is 2. The first-order chi connectivity index (χ1) is 8.67. The van der Waals surface area contributed by atoms with E-state index in [1.807, 2.05) is 19.1 Å². The Morgan fingerprint density at radius 2 is 2.33 bits per heavy atom. The van der Waals surface area contributed by atoms with E-state index in [1.165, 1.54) is 0 Å². The number of methoxy groups -OCH3 is 1. The van der Waals surface area contributed by atoms with E-state index in [4.69, 9.17) is 26.9 Å². The summed E-state index contributed by atoms with van der Waals surface area (Å²) in [6.45, 7) is 2.92. The molecule has 0 amide bonds. The Kier molecular flexibility index (Phi) is 6.49. The van der Waals surface area contributed by atoms with Crippen LogP contribution >= 0.6 is 11.6 Å². The average Bonchev–Trinajstić information content (AvgIpc) is 2.34. The number of amidine groups is 1. The lowest BCUT2D eigenvalue weighted by Crippen LogP contribution is -2.41. The fraction of sp³-hybridized carbons (Fsp3) is 0.417. The molecule has 0 radical (unpaired) electrons. The maximum Gasteiger partial charge on any atom is 0.154 e. The summed E-state index contributed by atoms with van der Waals surface area (Å²) in [6.07, 6.45) is -0.287. The molecule has 0 aliphatic heterocycles. The molecule has 0 fully saturated rings. The van der Waals surface area contributed by atoms with Gasteiger partial charge in [-0.2, -0.15) is 0 Å². The minimum absolute atomic E-state index is 0.287. The largest absolute Gasteiger partial charge is 0.483 e. The van der Waals surface area contributed by atoms with Crippen molar-refractivity contribution >= 4 is 17.4 Å². The van der Waals surface area contributed by atoms with E-state index in [1.54, 1.807) is 19.2 Å². The molecule has 0 aliphatic carbocycles. The van der Waals surface area contributed by atoms with E-state index in [2.05, 4.69) is 10.4 Å². The summed E-state index contributed by atoms with van der Waals surface area (Å²) >= 11 is 5.88. The summed E-state index contributed by atoms with van der Waals surface area (Å²) in [5.41, 5.74) is 2.53. The highest BCUT2D eigenvalue weighted by Crippen LogP contribution is 2.18. The molecule has 5 nitrogen and oxygen atoms in total. The van der Waals surface area contributed by atoms with Gasteiger partial charge in [0.2, 0.25) is 0 Å². The van der Waals surface area contributed by atoms with Crippen LogP contribution < -0.4 is 16.0 Å². The number of nitrogens with two attached hydrogens (primary N) is 1. The lowest BCUT2D eigenvalue weighted by Gasteiger charge is -2.16. The normalized spacial score (nSPS) is 13.2. The van der Waals surface area contributed by atoms with Crippen molar-refractivity contribution in [3.05, 3.63) is 29.3 Å². The molecular weight excluding hydrogens is 254 g/mol. The maximum absolute atomic E-state index is 5.88. The molecule has 1 unspecified atom stereocenters. The first kappa shape index (κ1) is 14.8. The summed E-state index contributed by atoms with van der Waals surface area (Å²) in [7, 11) is 1.62. The molecule has 0 spiro atoms. The zero-order valence-corrected chi connectivity index (χ0v) is 11.3. The fourth-order valence-electron chi connectivity index (χ4n) is 1.35. The van der Waals surface area contributed by atoms with Gasteiger partial charge in [0.05, 0.1) is 13.2 Å². The van der Waals surface area contributed by atoms with Gasteiger partial charge in [-0.1, -0.05) is 17.7 Å². The van der Waals surface area contributed by atoms with Crippen LogP contribution in [0.2, 0.25) is 5.02 Å². The van der Waals surface area contributed by atoms with Crippen LogP contribution in [-0.4, -0.2) is 32.2 Å². The molecule has 0 aliphatic rings. The smallest absolute Gasteiger partial charge is 0.154 e. The Balaban J connectivity index is 2.61. The minimum atomic E-state index is -0.287. The van der Waals surface area contributed by atoms with Crippen molar-refractivity contribution in [1.29, 1.82) is 0 Å². The van der Waals surface area contributed by atoms with Gasteiger partial charge in [-0.3, -0.25) is 4.99 Å². The van der Waals surface area contributed by atoms with Crippen LogP contribution in [0.3, 0.4) is 0 Å². The van der Waals surface area contributed by atoms with Gasteiger partial charge in [-0.25, -0.2) is 5.84 Å². The number of nitrogens with zero attached hydrogens (tertiary/aromatic N) is 1. The Labute approximate surface area is 112 Å². The molecule has 6 heteroatoms. The molecular formula is C12H18ClN3O2. The van der Waals surface area contributed by atoms with Crippen LogP contribution in [-0.2, 0) is 4.74 Å². The standard InChI is InChI=1S/C12H18ClN3O2/c1-9(12(16-14)15-6-7-17-2)18-11-5-3-4-10(13)8-11/h3-5,8-9H,6-7,14H2,1-2H3,(H,15,16). The molecule has 1 atom stereocenters. The minimum Gasteiger partial charge on any atom is -0.483 e. The van der Waals surface area contributed by atoms with Crippen molar-refractivity contribution in [2.75, 3.05) is 20.3 Å².